The Balaban J connectivity index is 0.656. The molecule has 9 atom stereocenters. The van der Waals surface area contributed by atoms with Gasteiger partial charge in [0.1, 0.15) is 0 Å². The zero-order chi connectivity index (χ0) is 49.1. The molecule has 0 aromatic heterocycles. The van der Waals surface area contributed by atoms with Crippen LogP contribution in [0.3, 0.4) is 0 Å². The molecule has 0 aromatic carbocycles. The highest BCUT2D eigenvalue weighted by Gasteiger charge is 2.56. The number of hydrogen-bond acceptors (Lipinski definition) is 5. The van der Waals surface area contributed by atoms with Gasteiger partial charge in [0, 0.05) is 54.4 Å². The molecule has 5 heteroatoms. The quantitative estimate of drug-likeness (QED) is 0.206. The second-order valence-corrected chi connectivity index (χ2v) is 29.5. The van der Waals surface area contributed by atoms with Gasteiger partial charge in [0.15, 0.2) is 0 Å². The maximum atomic E-state index is 9.81. The standard InChI is InChI=1S/C68H111N5/c69-46-56-26-25-53(43-57(56)47-70)50-23-21-48(22-24-50)49-27-35-63(36-28-49)72(60-17-9-3-10-18-60)64-39-31-52(32-40-64)55-34-42-68-66(45-55)65-44-54(33-41-67(65)73(68)61-19-11-4-12-20-61)51-29-37-62(38-30-51)71(58-13-5-1-6-14-58)59-15-7-2-8-16-59/h48-68H,1-45H2. The lowest BCUT2D eigenvalue weighted by atomic mass is 9.62. The third-order valence-electron chi connectivity index (χ3n) is 26.3. The first-order chi connectivity index (χ1) is 36.1. The van der Waals surface area contributed by atoms with Gasteiger partial charge in [-0.3, -0.25) is 14.7 Å². The number of nitriles is 2. The molecule has 0 radical (unpaired) electrons. The summed E-state index contributed by atoms with van der Waals surface area (Å²) in [5.41, 5.74) is 0. The molecule has 73 heavy (non-hydrogen) atoms. The van der Waals surface area contributed by atoms with Crippen molar-refractivity contribution in [2.45, 2.75) is 343 Å². The topological polar surface area (TPSA) is 57.3 Å². The van der Waals surface area contributed by atoms with Gasteiger partial charge in [-0.05, 0) is 271 Å². The summed E-state index contributed by atoms with van der Waals surface area (Å²) in [6.45, 7) is 0. The summed E-state index contributed by atoms with van der Waals surface area (Å²) < 4.78 is 0. The fourth-order valence-electron chi connectivity index (χ4n) is 22.7. The minimum Gasteiger partial charge on any atom is -0.294 e. The van der Waals surface area contributed by atoms with Gasteiger partial charge in [-0.2, -0.15) is 10.5 Å². The molecule has 12 aliphatic rings. The van der Waals surface area contributed by atoms with Gasteiger partial charge >= 0.3 is 0 Å². The summed E-state index contributed by atoms with van der Waals surface area (Å²) in [5.74, 6) is 9.51. The molecule has 0 bridgehead atoms. The van der Waals surface area contributed by atoms with Gasteiger partial charge in [-0.15, -0.1) is 0 Å². The molecule has 11 aliphatic carbocycles. The highest BCUT2D eigenvalue weighted by Crippen LogP contribution is 2.57. The number of rotatable bonds is 11. The number of fused-ring (bicyclic) bond motifs is 3. The monoisotopic (exact) mass is 998 g/mol. The van der Waals surface area contributed by atoms with Crippen molar-refractivity contribution in [2.75, 3.05) is 0 Å². The highest BCUT2D eigenvalue weighted by atomic mass is 15.3. The van der Waals surface area contributed by atoms with E-state index >= 15 is 0 Å². The second kappa shape index (κ2) is 24.9. The molecule has 0 amide bonds. The van der Waals surface area contributed by atoms with Crippen LogP contribution in [0.2, 0.25) is 0 Å². The number of likely N-dealkylation sites (tertiary alicyclic amines) is 1. The van der Waals surface area contributed by atoms with Crippen molar-refractivity contribution in [2.24, 2.45) is 71.0 Å². The van der Waals surface area contributed by atoms with E-state index in [0.29, 0.717) is 5.92 Å². The number of hydrogen-bond donors (Lipinski definition) is 0. The molecule has 0 aromatic rings. The van der Waals surface area contributed by atoms with Gasteiger partial charge in [-0.1, -0.05) is 77.0 Å². The van der Waals surface area contributed by atoms with E-state index in [4.69, 9.17) is 0 Å². The first-order valence-electron chi connectivity index (χ1n) is 34.2. The Morgan fingerprint density at radius 1 is 0.260 bits per heavy atom. The molecule has 11 saturated carbocycles. The molecule has 408 valence electrons. The average Bonchev–Trinajstić information content (AvgIpc) is 3.80. The smallest absolute Gasteiger partial charge is 0.0669 e. The maximum absolute atomic E-state index is 9.81. The van der Waals surface area contributed by atoms with Crippen molar-refractivity contribution in [3.05, 3.63) is 0 Å². The predicted molar refractivity (Wildman–Crippen MR) is 300 cm³/mol. The van der Waals surface area contributed by atoms with E-state index in [0.717, 1.165) is 120 Å². The molecule has 0 N–H and O–H groups in total. The van der Waals surface area contributed by atoms with Crippen molar-refractivity contribution in [3.63, 3.8) is 0 Å². The van der Waals surface area contributed by atoms with Gasteiger partial charge in [0.2, 0.25) is 0 Å². The zero-order valence-corrected chi connectivity index (χ0v) is 47.2. The van der Waals surface area contributed by atoms with Crippen molar-refractivity contribution in [3.8, 4) is 12.1 Å². The molecule has 9 unspecified atom stereocenters. The Hall–Kier alpha value is -1.14. The fourth-order valence-corrected chi connectivity index (χ4v) is 22.7. The van der Waals surface area contributed by atoms with Crippen molar-refractivity contribution in [1.29, 1.82) is 10.5 Å². The van der Waals surface area contributed by atoms with Crippen LogP contribution in [0, 0.1) is 93.7 Å². The lowest BCUT2D eigenvalue weighted by molar-refractivity contribution is -0.00697. The molecule has 1 aliphatic heterocycles. The second-order valence-electron chi connectivity index (χ2n) is 29.5. The van der Waals surface area contributed by atoms with Crippen LogP contribution >= 0.6 is 0 Å². The van der Waals surface area contributed by atoms with Crippen LogP contribution in [0.1, 0.15) is 289 Å². The zero-order valence-electron chi connectivity index (χ0n) is 47.2. The number of nitrogens with zero attached hydrogens (tertiary/aromatic N) is 5. The summed E-state index contributed by atoms with van der Waals surface area (Å²) >= 11 is 0. The third-order valence-corrected chi connectivity index (χ3v) is 26.3. The average molecular weight is 999 g/mol. The molecular formula is C68H111N5. The maximum Gasteiger partial charge on any atom is 0.0669 e. The Kier molecular flexibility index (Phi) is 17.9. The van der Waals surface area contributed by atoms with E-state index in [1.54, 1.807) is 64.2 Å². The normalized spacial score (nSPS) is 44.5. The van der Waals surface area contributed by atoms with Crippen LogP contribution in [-0.2, 0) is 0 Å². The Labute approximate surface area is 449 Å². The van der Waals surface area contributed by atoms with Crippen LogP contribution in [0.4, 0.5) is 0 Å². The van der Waals surface area contributed by atoms with E-state index in [-0.39, 0.29) is 11.8 Å². The van der Waals surface area contributed by atoms with Crippen LogP contribution < -0.4 is 0 Å². The molecule has 12 fully saturated rings. The molecule has 1 saturated heterocycles. The summed E-state index contributed by atoms with van der Waals surface area (Å²) in [6.07, 6.45) is 66.6. The lowest BCUT2D eigenvalue weighted by Gasteiger charge is -2.51. The van der Waals surface area contributed by atoms with Gasteiger partial charge < -0.3 is 0 Å². The van der Waals surface area contributed by atoms with Gasteiger partial charge in [-0.25, -0.2) is 0 Å². The molecule has 12 rings (SSSR count). The van der Waals surface area contributed by atoms with E-state index in [2.05, 4.69) is 26.8 Å². The summed E-state index contributed by atoms with van der Waals surface area (Å²) in [6, 6.07) is 13.1. The first-order valence-corrected chi connectivity index (χ1v) is 34.2. The lowest BCUT2D eigenvalue weighted by Crippen LogP contribution is -2.53. The van der Waals surface area contributed by atoms with Crippen molar-refractivity contribution >= 4 is 0 Å². The summed E-state index contributed by atoms with van der Waals surface area (Å²) in [5, 5.41) is 19.4. The fraction of sp³-hybridized carbons (Fsp3) is 0.971. The van der Waals surface area contributed by atoms with Crippen molar-refractivity contribution in [1.82, 2.24) is 14.7 Å². The van der Waals surface area contributed by atoms with Crippen LogP contribution in [-0.4, -0.2) is 69.1 Å². The minimum absolute atomic E-state index is 0.0178. The largest absolute Gasteiger partial charge is 0.294 e. The van der Waals surface area contributed by atoms with E-state index < -0.39 is 0 Å². The minimum atomic E-state index is -0.0199. The summed E-state index contributed by atoms with van der Waals surface area (Å²) in [7, 11) is 0. The Bertz CT molecular complexity index is 1740. The molecule has 1 heterocycles. The van der Waals surface area contributed by atoms with Crippen molar-refractivity contribution < 1.29 is 0 Å². The van der Waals surface area contributed by atoms with Crippen LogP contribution in [0.25, 0.3) is 0 Å². The van der Waals surface area contributed by atoms with E-state index in [1.165, 1.54) is 212 Å². The Morgan fingerprint density at radius 2 is 0.548 bits per heavy atom. The summed E-state index contributed by atoms with van der Waals surface area (Å²) in [4.78, 5) is 9.89. The van der Waals surface area contributed by atoms with Crippen LogP contribution in [0.5, 0.6) is 0 Å². The molecular weight excluding hydrogens is 887 g/mol. The highest BCUT2D eigenvalue weighted by molar-refractivity contribution is 5.09. The third kappa shape index (κ3) is 11.6. The first kappa shape index (κ1) is 52.6. The van der Waals surface area contributed by atoms with Crippen LogP contribution in [0.15, 0.2) is 0 Å². The van der Waals surface area contributed by atoms with E-state index in [9.17, 15) is 10.5 Å². The molecule has 0 spiro atoms. The van der Waals surface area contributed by atoms with E-state index in [1.807, 2.05) is 0 Å². The van der Waals surface area contributed by atoms with Gasteiger partial charge in [0.05, 0.1) is 24.0 Å². The molecule has 5 nitrogen and oxygen atoms in total. The Morgan fingerprint density at radius 3 is 0.918 bits per heavy atom. The van der Waals surface area contributed by atoms with Gasteiger partial charge in [0.25, 0.3) is 0 Å². The predicted octanol–water partition coefficient (Wildman–Crippen LogP) is 17.4. The SMILES string of the molecule is N#CC1CCC(C2CCC(C3CCC(N(C4CCCCC4)C4CCC(C5CCC6C(C5)C5CC(C7CCC(N(C8CCCCC8)C8CCCCC8)CC7)CCC5N6C5CCCCC5)CC4)CC3)CC2)CC1C#N.